The number of likely N-dealkylation sites (N-methyl/N-ethyl adjacent to an activating group) is 1. The van der Waals surface area contributed by atoms with E-state index < -0.39 is 6.04 Å². The Morgan fingerprint density at radius 3 is 2.27 bits per heavy atom. The van der Waals surface area contributed by atoms with Gasteiger partial charge in [-0.15, -0.1) is 11.8 Å². The number of hydrogen-bond acceptors (Lipinski definition) is 3. The van der Waals surface area contributed by atoms with Gasteiger partial charge in [-0.1, -0.05) is 65.5 Å². The molecule has 0 bridgehead atoms. The van der Waals surface area contributed by atoms with Crippen molar-refractivity contribution >= 4 is 70.0 Å². The van der Waals surface area contributed by atoms with Crippen LogP contribution in [-0.2, 0) is 21.9 Å². The average Bonchev–Trinajstić information content (AvgIpc) is 2.72. The van der Waals surface area contributed by atoms with E-state index in [1.807, 2.05) is 6.92 Å². The van der Waals surface area contributed by atoms with E-state index in [0.717, 1.165) is 11.1 Å². The number of amides is 2. The predicted molar refractivity (Wildman–Crippen MR) is 128 cm³/mol. The highest BCUT2D eigenvalue weighted by molar-refractivity contribution is 7.99. The summed E-state index contributed by atoms with van der Waals surface area (Å²) in [5.41, 5.74) is 1.58. The first-order valence-electron chi connectivity index (χ1n) is 9.24. The van der Waals surface area contributed by atoms with E-state index >= 15 is 0 Å². The highest BCUT2D eigenvalue weighted by Crippen LogP contribution is 2.29. The van der Waals surface area contributed by atoms with Crippen molar-refractivity contribution in [3.05, 3.63) is 67.6 Å². The van der Waals surface area contributed by atoms with Gasteiger partial charge in [-0.3, -0.25) is 9.59 Å². The zero-order chi connectivity index (χ0) is 22.3. The summed E-state index contributed by atoms with van der Waals surface area (Å²) in [6, 6.07) is 9.89. The number of rotatable bonds is 9. The Labute approximate surface area is 201 Å². The molecular weight excluding hydrogens is 486 g/mol. The molecule has 0 aliphatic rings. The van der Waals surface area contributed by atoms with Crippen molar-refractivity contribution in [3.63, 3.8) is 0 Å². The van der Waals surface area contributed by atoms with Crippen LogP contribution >= 0.6 is 58.2 Å². The molecule has 0 unspecified atom stereocenters. The second-order valence-corrected chi connectivity index (χ2v) is 9.12. The van der Waals surface area contributed by atoms with Gasteiger partial charge < -0.3 is 10.2 Å². The lowest BCUT2D eigenvalue weighted by Crippen LogP contribution is -2.48. The van der Waals surface area contributed by atoms with Gasteiger partial charge >= 0.3 is 0 Å². The van der Waals surface area contributed by atoms with E-state index in [9.17, 15) is 9.59 Å². The normalized spacial score (nSPS) is 11.8. The van der Waals surface area contributed by atoms with E-state index in [0.29, 0.717) is 32.3 Å². The molecule has 2 rings (SSSR count). The average molecular weight is 508 g/mol. The summed E-state index contributed by atoms with van der Waals surface area (Å²) >= 11 is 25.9. The number of carbonyl (C=O) groups excluding carboxylic acids is 2. The molecule has 30 heavy (non-hydrogen) atoms. The molecule has 9 heteroatoms. The quantitative estimate of drug-likeness (QED) is 0.447. The van der Waals surface area contributed by atoms with Crippen LogP contribution in [0, 0.1) is 0 Å². The SMILES string of the molecule is CC[C@H](C(=O)NC)N(Cc1ccc(Cl)c(Cl)c1)C(=O)CSCc1c(Cl)cccc1Cl. The van der Waals surface area contributed by atoms with Crippen molar-refractivity contribution in [1.29, 1.82) is 0 Å². The van der Waals surface area contributed by atoms with Gasteiger partial charge in [-0.05, 0) is 41.8 Å². The molecule has 2 aromatic carbocycles. The maximum atomic E-state index is 13.1. The summed E-state index contributed by atoms with van der Waals surface area (Å²) in [5, 5.41) is 4.59. The predicted octanol–water partition coefficient (Wildman–Crippen LogP) is 6.09. The topological polar surface area (TPSA) is 49.4 Å². The van der Waals surface area contributed by atoms with E-state index in [1.165, 1.54) is 11.8 Å². The van der Waals surface area contributed by atoms with Gasteiger partial charge in [0.25, 0.3) is 0 Å². The van der Waals surface area contributed by atoms with Crippen LogP contribution in [0.15, 0.2) is 36.4 Å². The van der Waals surface area contributed by atoms with E-state index in [1.54, 1.807) is 48.3 Å². The molecule has 0 aliphatic carbocycles. The number of carbonyl (C=O) groups is 2. The minimum Gasteiger partial charge on any atom is -0.357 e. The summed E-state index contributed by atoms with van der Waals surface area (Å²) in [6.07, 6.45) is 0.480. The fourth-order valence-electron chi connectivity index (χ4n) is 2.91. The number of nitrogens with zero attached hydrogens (tertiary/aromatic N) is 1. The standard InChI is InChI=1S/C21H22Cl4N2O2S/c1-3-19(21(29)26-2)27(10-13-7-8-17(24)18(25)9-13)20(28)12-30-11-14-15(22)5-4-6-16(14)23/h4-9,19H,3,10-12H2,1-2H3,(H,26,29)/t19-/m1/s1. The van der Waals surface area contributed by atoms with Crippen LogP contribution in [0.4, 0.5) is 0 Å². The fourth-order valence-corrected chi connectivity index (χ4v) is 4.88. The molecule has 162 valence electrons. The molecular formula is C21H22Cl4N2O2S. The second-order valence-electron chi connectivity index (χ2n) is 6.50. The number of halogens is 4. The summed E-state index contributed by atoms with van der Waals surface area (Å²) < 4.78 is 0. The Morgan fingerprint density at radius 2 is 1.70 bits per heavy atom. The number of nitrogens with one attached hydrogen (secondary N) is 1. The molecule has 0 aliphatic heterocycles. The third-order valence-corrected chi connectivity index (χ3v) is 6.89. The number of benzene rings is 2. The Hall–Kier alpha value is -1.11. The third-order valence-electron chi connectivity index (χ3n) is 4.50. The molecule has 2 aromatic rings. The van der Waals surface area contributed by atoms with Crippen molar-refractivity contribution < 1.29 is 9.59 Å². The van der Waals surface area contributed by atoms with Crippen LogP contribution in [0.2, 0.25) is 20.1 Å². The lowest BCUT2D eigenvalue weighted by atomic mass is 10.1. The molecule has 2 amide bonds. The Morgan fingerprint density at radius 1 is 1.03 bits per heavy atom. The van der Waals surface area contributed by atoms with Crippen molar-refractivity contribution in [3.8, 4) is 0 Å². The Balaban J connectivity index is 2.16. The second kappa shape index (κ2) is 12.1. The third kappa shape index (κ3) is 6.69. The van der Waals surface area contributed by atoms with Crippen LogP contribution < -0.4 is 5.32 Å². The van der Waals surface area contributed by atoms with E-state index in [2.05, 4.69) is 5.32 Å². The molecule has 0 radical (unpaired) electrons. The summed E-state index contributed by atoms with van der Waals surface area (Å²) in [6.45, 7) is 2.11. The Bertz CT molecular complexity index is 890. The van der Waals surface area contributed by atoms with E-state index in [4.69, 9.17) is 46.4 Å². The lowest BCUT2D eigenvalue weighted by molar-refractivity contribution is -0.139. The van der Waals surface area contributed by atoms with Crippen LogP contribution in [0.5, 0.6) is 0 Å². The first kappa shape index (κ1) is 25.2. The van der Waals surface area contributed by atoms with Gasteiger partial charge in [-0.2, -0.15) is 0 Å². The van der Waals surface area contributed by atoms with Gasteiger partial charge in [0, 0.05) is 29.4 Å². The maximum absolute atomic E-state index is 13.1. The Kier molecular flexibility index (Phi) is 10.1. The van der Waals surface area contributed by atoms with Crippen LogP contribution in [-0.4, -0.2) is 35.6 Å². The van der Waals surface area contributed by atoms with Crippen LogP contribution in [0.25, 0.3) is 0 Å². The van der Waals surface area contributed by atoms with Gasteiger partial charge in [0.2, 0.25) is 11.8 Å². The molecule has 4 nitrogen and oxygen atoms in total. The first-order chi connectivity index (χ1) is 14.3. The van der Waals surface area contributed by atoms with Crippen molar-refractivity contribution in [2.45, 2.75) is 31.7 Å². The maximum Gasteiger partial charge on any atom is 0.242 e. The summed E-state index contributed by atoms with van der Waals surface area (Å²) in [7, 11) is 1.56. The van der Waals surface area contributed by atoms with Crippen LogP contribution in [0.3, 0.4) is 0 Å². The van der Waals surface area contributed by atoms with Crippen molar-refractivity contribution in [1.82, 2.24) is 10.2 Å². The molecule has 0 heterocycles. The minimum atomic E-state index is -0.596. The fraction of sp³-hybridized carbons (Fsp3) is 0.333. The van der Waals surface area contributed by atoms with Gasteiger partial charge in [0.05, 0.1) is 15.8 Å². The zero-order valence-corrected chi connectivity index (χ0v) is 20.4. The molecule has 1 atom stereocenters. The minimum absolute atomic E-state index is 0.162. The van der Waals surface area contributed by atoms with Crippen molar-refractivity contribution in [2.75, 3.05) is 12.8 Å². The molecule has 0 spiro atoms. The highest BCUT2D eigenvalue weighted by Gasteiger charge is 2.28. The van der Waals surface area contributed by atoms with Crippen molar-refractivity contribution in [2.24, 2.45) is 0 Å². The smallest absolute Gasteiger partial charge is 0.242 e. The first-order valence-corrected chi connectivity index (χ1v) is 11.9. The molecule has 0 aromatic heterocycles. The summed E-state index contributed by atoms with van der Waals surface area (Å²) in [5.74, 6) is 0.285. The van der Waals surface area contributed by atoms with Gasteiger partial charge in [-0.25, -0.2) is 0 Å². The molecule has 1 N–H and O–H groups in total. The largest absolute Gasteiger partial charge is 0.357 e. The van der Waals surface area contributed by atoms with Gasteiger partial charge in [0.15, 0.2) is 0 Å². The van der Waals surface area contributed by atoms with E-state index in [-0.39, 0.29) is 24.1 Å². The molecule has 0 fully saturated rings. The zero-order valence-electron chi connectivity index (χ0n) is 16.6. The number of thioether (sulfide) groups is 1. The number of hydrogen-bond donors (Lipinski definition) is 1. The molecule has 0 saturated heterocycles. The monoisotopic (exact) mass is 506 g/mol. The van der Waals surface area contributed by atoms with Crippen LogP contribution in [0.1, 0.15) is 24.5 Å². The summed E-state index contributed by atoms with van der Waals surface area (Å²) in [4.78, 5) is 27.0. The lowest BCUT2D eigenvalue weighted by Gasteiger charge is -2.30. The van der Waals surface area contributed by atoms with Gasteiger partial charge in [0.1, 0.15) is 6.04 Å². The highest BCUT2D eigenvalue weighted by atomic mass is 35.5. The molecule has 0 saturated carbocycles.